The molecule has 0 unspecified atom stereocenters. The molecule has 2 aromatic rings. The molecule has 126 valence electrons. The molecule has 0 aliphatic heterocycles. The maximum atomic E-state index is 13.9. The maximum Gasteiger partial charge on any atom is 0.416 e. The summed E-state index contributed by atoms with van der Waals surface area (Å²) in [5.41, 5.74) is 6.39. The van der Waals surface area contributed by atoms with E-state index in [1.54, 1.807) is 0 Å². The van der Waals surface area contributed by atoms with E-state index in [0.29, 0.717) is 0 Å². The van der Waals surface area contributed by atoms with E-state index >= 15 is 0 Å². The molecule has 0 amide bonds. The first-order valence-corrected chi connectivity index (χ1v) is 6.71. The summed E-state index contributed by atoms with van der Waals surface area (Å²) in [7, 11) is 0. The number of hydrogen-bond acceptors (Lipinski definition) is 2. The molecule has 24 heavy (non-hydrogen) atoms. The third kappa shape index (κ3) is 3.74. The van der Waals surface area contributed by atoms with Crippen molar-refractivity contribution in [2.75, 3.05) is 0 Å². The van der Waals surface area contributed by atoms with Crippen molar-refractivity contribution in [3.8, 4) is 11.5 Å². The molecule has 4 nitrogen and oxygen atoms in total. The summed E-state index contributed by atoms with van der Waals surface area (Å²) >= 11 is 2.91. The quantitative estimate of drug-likeness (QED) is 0.242. The van der Waals surface area contributed by atoms with Crippen molar-refractivity contribution >= 4 is 21.6 Å². The van der Waals surface area contributed by atoms with E-state index in [4.69, 9.17) is 10.3 Å². The molecule has 0 aliphatic carbocycles. The summed E-state index contributed by atoms with van der Waals surface area (Å²) in [6.45, 7) is 0. The average Bonchev–Trinajstić information content (AvgIpc) is 2.44. The molecule has 0 spiro atoms. The number of benzene rings is 2. The van der Waals surface area contributed by atoms with Crippen LogP contribution < -0.4 is 4.74 Å². The summed E-state index contributed by atoms with van der Waals surface area (Å²) in [4.78, 5) is 2.40. The van der Waals surface area contributed by atoms with E-state index in [0.717, 1.165) is 12.1 Å². The lowest BCUT2D eigenvalue weighted by Crippen LogP contribution is -2.07. The fourth-order valence-corrected chi connectivity index (χ4v) is 2.11. The Bertz CT molecular complexity index is 825. The van der Waals surface area contributed by atoms with E-state index in [-0.39, 0.29) is 16.6 Å². The molecule has 0 bridgehead atoms. The molecule has 0 aliphatic rings. The second-order valence-corrected chi connectivity index (χ2v) is 5.21. The van der Waals surface area contributed by atoms with Gasteiger partial charge in [-0.25, -0.2) is 13.2 Å². The van der Waals surface area contributed by atoms with Crippen LogP contribution in [0.25, 0.3) is 10.4 Å². The Hall–Kier alpha value is -2.39. The van der Waals surface area contributed by atoms with Gasteiger partial charge >= 0.3 is 6.18 Å². The van der Waals surface area contributed by atoms with Crippen molar-refractivity contribution in [1.82, 2.24) is 0 Å². The SMILES string of the molecule is [N-]=[N+]=Nc1cc(Br)cc(F)c1Oc1c(F)cc(C(F)(F)F)cc1F. The topological polar surface area (TPSA) is 58.0 Å². The lowest BCUT2D eigenvalue weighted by Gasteiger charge is -2.13. The van der Waals surface area contributed by atoms with Crippen LogP contribution in [0, 0.1) is 17.5 Å². The zero-order valence-corrected chi connectivity index (χ0v) is 12.8. The first-order valence-electron chi connectivity index (χ1n) is 5.91. The molecule has 2 aromatic carbocycles. The van der Waals surface area contributed by atoms with E-state index < -0.39 is 46.4 Å². The van der Waals surface area contributed by atoms with Gasteiger partial charge in [-0.2, -0.15) is 13.2 Å². The number of hydrogen-bond donors (Lipinski definition) is 0. The van der Waals surface area contributed by atoms with Crippen molar-refractivity contribution in [1.29, 1.82) is 0 Å². The Labute approximate surface area is 138 Å². The van der Waals surface area contributed by atoms with Gasteiger partial charge in [0.05, 0.1) is 11.3 Å². The largest absolute Gasteiger partial charge is 0.448 e. The Kier molecular flexibility index (Phi) is 4.95. The fraction of sp³-hybridized carbons (Fsp3) is 0.0769. The second kappa shape index (κ2) is 6.62. The van der Waals surface area contributed by atoms with Crippen LogP contribution in [0.2, 0.25) is 0 Å². The highest BCUT2D eigenvalue weighted by Gasteiger charge is 2.33. The number of ether oxygens (including phenoxy) is 1. The lowest BCUT2D eigenvalue weighted by atomic mass is 10.2. The normalized spacial score (nSPS) is 11.1. The molecular weight excluding hydrogens is 408 g/mol. The summed E-state index contributed by atoms with van der Waals surface area (Å²) in [5, 5.41) is 3.10. The monoisotopic (exact) mass is 411 g/mol. The minimum absolute atomic E-state index is 0.00239. The molecule has 0 heterocycles. The number of halogens is 7. The minimum Gasteiger partial charge on any atom is -0.448 e. The smallest absolute Gasteiger partial charge is 0.416 e. The van der Waals surface area contributed by atoms with E-state index in [1.165, 1.54) is 0 Å². The first kappa shape index (κ1) is 18.0. The molecule has 0 saturated heterocycles. The van der Waals surface area contributed by atoms with Gasteiger partial charge in [0.25, 0.3) is 0 Å². The molecule has 0 N–H and O–H groups in total. The number of nitrogens with zero attached hydrogens (tertiary/aromatic N) is 3. The van der Waals surface area contributed by atoms with Crippen molar-refractivity contribution in [3.05, 3.63) is 62.2 Å². The van der Waals surface area contributed by atoms with Gasteiger partial charge in [-0.1, -0.05) is 21.0 Å². The molecule has 0 fully saturated rings. The lowest BCUT2D eigenvalue weighted by molar-refractivity contribution is -0.138. The molecular formula is C13H4BrF6N3O. The summed E-state index contributed by atoms with van der Waals surface area (Å²) < 4.78 is 83.7. The van der Waals surface area contributed by atoms with Crippen molar-refractivity contribution < 1.29 is 31.1 Å². The molecule has 2 rings (SSSR count). The summed E-state index contributed by atoms with van der Waals surface area (Å²) in [6, 6.07) is 1.95. The van der Waals surface area contributed by atoms with Crippen LogP contribution in [0.1, 0.15) is 5.56 Å². The zero-order valence-electron chi connectivity index (χ0n) is 11.2. The van der Waals surface area contributed by atoms with Gasteiger partial charge in [0.1, 0.15) is 0 Å². The Morgan fingerprint density at radius 2 is 1.50 bits per heavy atom. The van der Waals surface area contributed by atoms with E-state index in [2.05, 4.69) is 26.0 Å². The third-order valence-corrected chi connectivity index (χ3v) is 3.13. The third-order valence-electron chi connectivity index (χ3n) is 2.67. The van der Waals surface area contributed by atoms with E-state index in [1.807, 2.05) is 0 Å². The number of rotatable bonds is 3. The van der Waals surface area contributed by atoms with Gasteiger partial charge in [-0.3, -0.25) is 0 Å². The van der Waals surface area contributed by atoms with Crippen LogP contribution in [0.15, 0.2) is 33.9 Å². The van der Waals surface area contributed by atoms with Crippen LogP contribution in [0.5, 0.6) is 11.5 Å². The number of alkyl halides is 3. The predicted molar refractivity (Wildman–Crippen MR) is 74.3 cm³/mol. The zero-order chi connectivity index (χ0) is 18.1. The van der Waals surface area contributed by atoms with E-state index in [9.17, 15) is 26.3 Å². The maximum absolute atomic E-state index is 13.9. The van der Waals surface area contributed by atoms with Gasteiger partial charge in [0, 0.05) is 9.38 Å². The Morgan fingerprint density at radius 3 is 2.00 bits per heavy atom. The fourth-order valence-electron chi connectivity index (χ4n) is 1.69. The molecule has 0 saturated carbocycles. The van der Waals surface area contributed by atoms with Crippen molar-refractivity contribution in [3.63, 3.8) is 0 Å². The molecule has 0 radical (unpaired) electrons. The van der Waals surface area contributed by atoms with Crippen LogP contribution >= 0.6 is 15.9 Å². The van der Waals surface area contributed by atoms with Crippen LogP contribution in [-0.2, 0) is 6.18 Å². The highest BCUT2D eigenvalue weighted by Crippen LogP contribution is 2.40. The minimum atomic E-state index is -4.97. The van der Waals surface area contributed by atoms with Gasteiger partial charge in [-0.15, -0.1) is 0 Å². The highest BCUT2D eigenvalue weighted by atomic mass is 79.9. The molecule has 0 aromatic heterocycles. The first-order chi connectivity index (χ1) is 11.1. The Morgan fingerprint density at radius 1 is 0.958 bits per heavy atom. The van der Waals surface area contributed by atoms with Crippen molar-refractivity contribution in [2.45, 2.75) is 6.18 Å². The summed E-state index contributed by atoms with van der Waals surface area (Å²) in [6.07, 6.45) is -4.97. The van der Waals surface area contributed by atoms with Gasteiger partial charge in [0.2, 0.25) is 0 Å². The summed E-state index contributed by atoms with van der Waals surface area (Å²) in [5.74, 6) is -6.65. The van der Waals surface area contributed by atoms with Gasteiger partial charge in [0.15, 0.2) is 29.0 Å². The molecule has 11 heteroatoms. The average molecular weight is 412 g/mol. The van der Waals surface area contributed by atoms with Gasteiger partial charge in [-0.05, 0) is 29.8 Å². The molecule has 0 atom stereocenters. The predicted octanol–water partition coefficient (Wildman–Crippen LogP) is 6.62. The van der Waals surface area contributed by atoms with Gasteiger partial charge < -0.3 is 4.74 Å². The van der Waals surface area contributed by atoms with Crippen LogP contribution in [-0.4, -0.2) is 0 Å². The highest BCUT2D eigenvalue weighted by molar-refractivity contribution is 9.10. The number of azide groups is 1. The second-order valence-electron chi connectivity index (χ2n) is 4.29. The standard InChI is InChI=1S/C13H4BrF6N3O/c14-6-3-9(17)12(10(4-6)22-23-21)24-11-7(15)1-5(2-8(11)16)13(18,19)20/h1-4H. The Balaban J connectivity index is 2.55. The van der Waals surface area contributed by atoms with Crippen LogP contribution in [0.4, 0.5) is 32.0 Å². The van der Waals surface area contributed by atoms with Crippen LogP contribution in [0.3, 0.4) is 0 Å². The van der Waals surface area contributed by atoms with Crippen molar-refractivity contribution in [2.24, 2.45) is 5.11 Å².